The third kappa shape index (κ3) is 2.28. The molecule has 0 spiro atoms. The highest BCUT2D eigenvalue weighted by Gasteiger charge is 2.50. The standard InChI is InChI=1S/C17H19NO6/c1-17(10-6-7-11(22-2)12(9-10)23-3)15(21)14(20)16(24-17)18-8-4-5-13(18)19/h6-7,9,20H,4-5,8H2,1-3H3. The number of ether oxygens (including phenoxy) is 3. The van der Waals surface area contributed by atoms with Gasteiger partial charge in [0.15, 0.2) is 17.1 Å². The second-order valence-corrected chi connectivity index (χ2v) is 5.84. The molecule has 3 rings (SSSR count). The summed E-state index contributed by atoms with van der Waals surface area (Å²) >= 11 is 0. The number of hydrogen-bond acceptors (Lipinski definition) is 6. The smallest absolute Gasteiger partial charge is 0.250 e. The van der Waals surface area contributed by atoms with Gasteiger partial charge in [-0.1, -0.05) is 6.07 Å². The summed E-state index contributed by atoms with van der Waals surface area (Å²) < 4.78 is 16.2. The van der Waals surface area contributed by atoms with Gasteiger partial charge in [-0.2, -0.15) is 0 Å². The van der Waals surface area contributed by atoms with E-state index in [9.17, 15) is 14.7 Å². The fraction of sp³-hybridized carbons (Fsp3) is 0.412. The lowest BCUT2D eigenvalue weighted by Crippen LogP contribution is -2.32. The molecule has 2 aliphatic rings. The summed E-state index contributed by atoms with van der Waals surface area (Å²) in [5, 5.41) is 10.2. The van der Waals surface area contributed by atoms with Crippen LogP contribution in [0.15, 0.2) is 29.8 Å². The molecule has 2 aliphatic heterocycles. The first-order valence-corrected chi connectivity index (χ1v) is 7.62. The first-order valence-electron chi connectivity index (χ1n) is 7.62. The Morgan fingerprint density at radius 2 is 1.92 bits per heavy atom. The minimum absolute atomic E-state index is 0.0696. The van der Waals surface area contributed by atoms with Crippen molar-refractivity contribution in [2.45, 2.75) is 25.4 Å². The van der Waals surface area contributed by atoms with Crippen LogP contribution in [0.1, 0.15) is 25.3 Å². The minimum Gasteiger partial charge on any atom is -0.501 e. The number of hydrogen-bond donors (Lipinski definition) is 1. The van der Waals surface area contributed by atoms with E-state index < -0.39 is 17.1 Å². The van der Waals surface area contributed by atoms with Crippen LogP contribution in [-0.2, 0) is 19.9 Å². The van der Waals surface area contributed by atoms with E-state index in [2.05, 4.69) is 0 Å². The molecule has 0 radical (unpaired) electrons. The first-order chi connectivity index (χ1) is 11.4. The Hall–Kier alpha value is -2.70. The van der Waals surface area contributed by atoms with Gasteiger partial charge in [-0.05, 0) is 25.5 Å². The number of benzene rings is 1. The van der Waals surface area contributed by atoms with Gasteiger partial charge in [-0.25, -0.2) is 0 Å². The Labute approximate surface area is 139 Å². The summed E-state index contributed by atoms with van der Waals surface area (Å²) in [7, 11) is 3.01. The molecule has 0 saturated carbocycles. The Morgan fingerprint density at radius 1 is 1.21 bits per heavy atom. The van der Waals surface area contributed by atoms with Crippen LogP contribution in [0.3, 0.4) is 0 Å². The van der Waals surface area contributed by atoms with Crippen molar-refractivity contribution in [2.75, 3.05) is 20.8 Å². The number of aliphatic hydroxyl groups excluding tert-OH is 1. The molecular formula is C17H19NO6. The van der Waals surface area contributed by atoms with Gasteiger partial charge in [0.1, 0.15) is 0 Å². The summed E-state index contributed by atoms with van der Waals surface area (Å²) in [6.07, 6.45) is 1.04. The molecule has 128 valence electrons. The molecule has 0 aliphatic carbocycles. The van der Waals surface area contributed by atoms with Crippen LogP contribution in [0.25, 0.3) is 0 Å². The average molecular weight is 333 g/mol. The molecule has 1 unspecified atom stereocenters. The quantitative estimate of drug-likeness (QED) is 0.905. The Morgan fingerprint density at radius 3 is 2.50 bits per heavy atom. The van der Waals surface area contributed by atoms with Gasteiger partial charge in [0.2, 0.25) is 17.5 Å². The van der Waals surface area contributed by atoms with Crippen LogP contribution in [0, 0.1) is 0 Å². The lowest BCUT2D eigenvalue weighted by Gasteiger charge is -2.26. The van der Waals surface area contributed by atoms with Gasteiger partial charge >= 0.3 is 0 Å². The highest BCUT2D eigenvalue weighted by atomic mass is 16.5. The molecule has 24 heavy (non-hydrogen) atoms. The molecule has 1 N–H and O–H groups in total. The second-order valence-electron chi connectivity index (χ2n) is 5.84. The largest absolute Gasteiger partial charge is 0.501 e. The maximum atomic E-state index is 12.6. The van der Waals surface area contributed by atoms with E-state index in [4.69, 9.17) is 14.2 Å². The predicted molar refractivity (Wildman–Crippen MR) is 83.6 cm³/mol. The molecule has 7 nitrogen and oxygen atoms in total. The Bertz CT molecular complexity index is 741. The van der Waals surface area contributed by atoms with Gasteiger partial charge in [0.05, 0.1) is 14.2 Å². The lowest BCUT2D eigenvalue weighted by atomic mass is 9.91. The number of ketones is 1. The van der Waals surface area contributed by atoms with Crippen molar-refractivity contribution < 1.29 is 28.9 Å². The summed E-state index contributed by atoms with van der Waals surface area (Å²) in [6.45, 7) is 1.98. The molecule has 0 bridgehead atoms. The third-order valence-electron chi connectivity index (χ3n) is 4.40. The summed E-state index contributed by atoms with van der Waals surface area (Å²) in [5.41, 5.74) is -0.930. The molecule has 1 aromatic carbocycles. The molecule has 1 amide bonds. The van der Waals surface area contributed by atoms with Crippen molar-refractivity contribution in [2.24, 2.45) is 0 Å². The van der Waals surface area contributed by atoms with E-state index in [-0.39, 0.29) is 11.8 Å². The molecule has 0 aromatic heterocycles. The van der Waals surface area contributed by atoms with Gasteiger partial charge in [-0.3, -0.25) is 14.5 Å². The molecule has 1 atom stereocenters. The van der Waals surface area contributed by atoms with Crippen molar-refractivity contribution in [3.05, 3.63) is 35.4 Å². The van der Waals surface area contributed by atoms with Crippen LogP contribution in [0.5, 0.6) is 11.5 Å². The first kappa shape index (κ1) is 16.2. The van der Waals surface area contributed by atoms with Crippen molar-refractivity contribution in [3.63, 3.8) is 0 Å². The van der Waals surface area contributed by atoms with E-state index in [0.29, 0.717) is 36.4 Å². The highest BCUT2D eigenvalue weighted by Crippen LogP contribution is 2.42. The Kier molecular flexibility index (Phi) is 3.87. The van der Waals surface area contributed by atoms with Crippen molar-refractivity contribution in [1.82, 2.24) is 4.90 Å². The number of carbonyl (C=O) groups excluding carboxylic acids is 2. The molecule has 1 aromatic rings. The SMILES string of the molecule is COc1ccc(C2(C)OC(N3CCCC3=O)=C(O)C2=O)cc1OC. The number of aliphatic hydroxyl groups is 1. The van der Waals surface area contributed by atoms with Crippen LogP contribution in [-0.4, -0.2) is 42.5 Å². The van der Waals surface area contributed by atoms with Crippen molar-refractivity contribution in [1.29, 1.82) is 0 Å². The maximum absolute atomic E-state index is 12.6. The topological polar surface area (TPSA) is 85.3 Å². The number of amides is 1. The maximum Gasteiger partial charge on any atom is 0.250 e. The van der Waals surface area contributed by atoms with Crippen molar-refractivity contribution >= 4 is 11.7 Å². The van der Waals surface area contributed by atoms with Crippen LogP contribution >= 0.6 is 0 Å². The number of likely N-dealkylation sites (tertiary alicyclic amines) is 1. The average Bonchev–Trinajstić information content (AvgIpc) is 3.11. The molecule has 1 saturated heterocycles. The summed E-state index contributed by atoms with van der Waals surface area (Å²) in [4.78, 5) is 25.8. The molecule has 7 heteroatoms. The van der Waals surface area contributed by atoms with E-state index in [0.717, 1.165) is 0 Å². The van der Waals surface area contributed by atoms with E-state index in [1.54, 1.807) is 25.1 Å². The van der Waals surface area contributed by atoms with Crippen LogP contribution < -0.4 is 9.47 Å². The number of nitrogens with zero attached hydrogens (tertiary/aromatic N) is 1. The van der Waals surface area contributed by atoms with Crippen LogP contribution in [0.2, 0.25) is 0 Å². The van der Waals surface area contributed by atoms with Crippen LogP contribution in [0.4, 0.5) is 0 Å². The second kappa shape index (κ2) is 5.74. The monoisotopic (exact) mass is 333 g/mol. The molecular weight excluding hydrogens is 314 g/mol. The highest BCUT2D eigenvalue weighted by molar-refractivity contribution is 6.03. The fourth-order valence-electron chi connectivity index (χ4n) is 2.98. The predicted octanol–water partition coefficient (Wildman–Crippen LogP) is 1.87. The van der Waals surface area contributed by atoms with Crippen molar-refractivity contribution in [3.8, 4) is 11.5 Å². The number of Topliss-reactive ketones (excluding diaryl/α,β-unsaturated/α-hetero) is 1. The number of rotatable bonds is 4. The Balaban J connectivity index is 1.98. The van der Waals surface area contributed by atoms with E-state index in [1.807, 2.05) is 0 Å². The van der Waals surface area contributed by atoms with Gasteiger partial charge in [-0.15, -0.1) is 0 Å². The summed E-state index contributed by atoms with van der Waals surface area (Å²) in [5.74, 6) is -0.395. The number of methoxy groups -OCH3 is 2. The van der Waals surface area contributed by atoms with Gasteiger partial charge in [0, 0.05) is 18.5 Å². The number of carbonyl (C=O) groups is 2. The zero-order chi connectivity index (χ0) is 17.5. The summed E-state index contributed by atoms with van der Waals surface area (Å²) in [6, 6.07) is 4.95. The lowest BCUT2D eigenvalue weighted by molar-refractivity contribution is -0.136. The third-order valence-corrected chi connectivity index (χ3v) is 4.40. The minimum atomic E-state index is -1.43. The van der Waals surface area contributed by atoms with Gasteiger partial charge in [0.25, 0.3) is 5.78 Å². The zero-order valence-corrected chi connectivity index (χ0v) is 13.8. The van der Waals surface area contributed by atoms with Gasteiger partial charge < -0.3 is 19.3 Å². The fourth-order valence-corrected chi connectivity index (χ4v) is 2.98. The molecule has 1 fully saturated rings. The van der Waals surface area contributed by atoms with E-state index in [1.165, 1.54) is 19.1 Å². The van der Waals surface area contributed by atoms with E-state index >= 15 is 0 Å². The zero-order valence-electron chi connectivity index (χ0n) is 13.8. The normalized spacial score (nSPS) is 23.7. The molecule has 2 heterocycles.